The van der Waals surface area contributed by atoms with E-state index in [1.54, 1.807) is 0 Å². The Morgan fingerprint density at radius 2 is 1.75 bits per heavy atom. The summed E-state index contributed by atoms with van der Waals surface area (Å²) in [6, 6.07) is 0. The van der Waals surface area contributed by atoms with Gasteiger partial charge in [0.05, 0.1) is 39.9 Å². The number of hydrogen-bond donors (Lipinski definition) is 3. The molecule has 4 saturated carbocycles. The van der Waals surface area contributed by atoms with Crippen LogP contribution in [0.5, 0.6) is 0 Å². The summed E-state index contributed by atoms with van der Waals surface area (Å²) in [4.78, 5) is 12.5. The Bertz CT molecular complexity index is 757. The van der Waals surface area contributed by atoms with Gasteiger partial charge in [-0.1, -0.05) is 20.8 Å². The molecule has 0 spiro atoms. The second-order valence-corrected chi connectivity index (χ2v) is 14.6. The van der Waals surface area contributed by atoms with Gasteiger partial charge < -0.3 is 44.0 Å². The molecule has 210 valence electrons. The fourth-order valence-corrected chi connectivity index (χ4v) is 9.59. The minimum atomic E-state index is -0.240. The van der Waals surface area contributed by atoms with Crippen LogP contribution in [0.1, 0.15) is 91.4 Å². The topological polar surface area (TPSA) is 69.6 Å². The summed E-state index contributed by atoms with van der Waals surface area (Å²) in [5.74, 6) is 3.72. The maximum absolute atomic E-state index is 12.5. The molecule has 5 unspecified atom stereocenters. The van der Waals surface area contributed by atoms with Crippen molar-refractivity contribution in [2.45, 2.75) is 104 Å². The highest BCUT2D eigenvalue weighted by atomic mass is 127. The lowest BCUT2D eigenvalue weighted by atomic mass is 9.43. The van der Waals surface area contributed by atoms with Gasteiger partial charge in [-0.2, -0.15) is 0 Å². The van der Waals surface area contributed by atoms with E-state index in [1.807, 2.05) is 0 Å². The lowest BCUT2D eigenvalue weighted by molar-refractivity contribution is -0.870. The van der Waals surface area contributed by atoms with Crippen molar-refractivity contribution < 1.29 is 43.5 Å². The zero-order valence-electron chi connectivity index (χ0n) is 23.9. The minimum absolute atomic E-state index is 0. The van der Waals surface area contributed by atoms with Crippen molar-refractivity contribution in [2.24, 2.45) is 46.3 Å². The third kappa shape index (κ3) is 5.96. The first-order valence-electron chi connectivity index (χ1n) is 14.8. The van der Waals surface area contributed by atoms with Crippen molar-refractivity contribution in [3.63, 3.8) is 0 Å². The van der Waals surface area contributed by atoms with Crippen molar-refractivity contribution in [2.75, 3.05) is 34.2 Å². The van der Waals surface area contributed by atoms with E-state index < -0.39 is 0 Å². The number of halogens is 1. The number of carbonyl (C=O) groups excluding carboxylic acids is 1. The largest absolute Gasteiger partial charge is 1.00 e. The van der Waals surface area contributed by atoms with Gasteiger partial charge in [0.1, 0.15) is 0 Å². The van der Waals surface area contributed by atoms with Crippen LogP contribution in [0.15, 0.2) is 0 Å². The number of aliphatic hydroxyl groups excluding tert-OH is 2. The number of rotatable bonds is 8. The predicted molar refractivity (Wildman–Crippen MR) is 142 cm³/mol. The Balaban J connectivity index is 0.00000361. The van der Waals surface area contributed by atoms with E-state index in [1.165, 1.54) is 25.7 Å². The standard InChI is InChI=1S/C30H54N2O3.HI/c1-20(8-13-28(35)31-16-7-17-32(4,5)6)24-11-12-25-23-10-9-21-18-22(33)14-15-29(21,2)26(23)19-27(34)30(24,25)3;/h20-27,33-34H,7-19H2,1-6H3;1H/t20?,21?,22-,23?,24-,25?,26?,27+,29+,30-;/m1./s1. The summed E-state index contributed by atoms with van der Waals surface area (Å²) < 4.78 is 0.931. The monoisotopic (exact) mass is 618 g/mol. The van der Waals surface area contributed by atoms with Crippen LogP contribution in [0.25, 0.3) is 0 Å². The molecule has 0 radical (unpaired) electrons. The molecule has 0 aromatic rings. The molecule has 6 heteroatoms. The summed E-state index contributed by atoms with van der Waals surface area (Å²) in [6.45, 7) is 9.06. The second kappa shape index (κ2) is 11.7. The molecular weight excluding hydrogens is 563 g/mol. The molecule has 10 atom stereocenters. The number of nitrogens with one attached hydrogen (secondary N) is 1. The molecule has 4 fully saturated rings. The number of aliphatic hydroxyl groups is 2. The van der Waals surface area contributed by atoms with Gasteiger partial charge >= 0.3 is 0 Å². The van der Waals surface area contributed by atoms with Crippen LogP contribution < -0.4 is 29.3 Å². The molecule has 0 aromatic heterocycles. The summed E-state index contributed by atoms with van der Waals surface area (Å²) in [5.41, 5.74) is 0.275. The van der Waals surface area contributed by atoms with Crippen molar-refractivity contribution in [1.82, 2.24) is 5.32 Å². The van der Waals surface area contributed by atoms with Gasteiger partial charge in [0, 0.05) is 19.4 Å². The minimum Gasteiger partial charge on any atom is -1.00 e. The maximum Gasteiger partial charge on any atom is 0.220 e. The Morgan fingerprint density at radius 1 is 1.03 bits per heavy atom. The number of hydrogen-bond acceptors (Lipinski definition) is 3. The fourth-order valence-electron chi connectivity index (χ4n) is 9.59. The molecule has 4 aliphatic rings. The van der Waals surface area contributed by atoms with Gasteiger partial charge in [-0.25, -0.2) is 0 Å². The van der Waals surface area contributed by atoms with E-state index >= 15 is 0 Å². The normalized spacial score (nSPS) is 42.9. The first-order chi connectivity index (χ1) is 16.4. The highest BCUT2D eigenvalue weighted by molar-refractivity contribution is 5.75. The quantitative estimate of drug-likeness (QED) is 0.220. The molecule has 1 amide bonds. The SMILES string of the molecule is CC(CCC(=O)NCCC[N+](C)(C)C)[C@H]1CCC2C3CCC4C[C@H](O)CC[C@]4(C)C3C[C@H](O)[C@@]21C.[I-]. The molecule has 0 aliphatic heterocycles. The van der Waals surface area contributed by atoms with E-state index in [0.29, 0.717) is 36.0 Å². The van der Waals surface area contributed by atoms with E-state index in [2.05, 4.69) is 47.2 Å². The number of quaternary nitrogens is 1. The summed E-state index contributed by atoms with van der Waals surface area (Å²) in [7, 11) is 6.56. The molecule has 36 heavy (non-hydrogen) atoms. The van der Waals surface area contributed by atoms with Crippen molar-refractivity contribution in [3.8, 4) is 0 Å². The van der Waals surface area contributed by atoms with Crippen LogP contribution in [-0.2, 0) is 4.79 Å². The summed E-state index contributed by atoms with van der Waals surface area (Å²) >= 11 is 0. The Morgan fingerprint density at radius 3 is 2.44 bits per heavy atom. The Hall–Kier alpha value is 0.0800. The van der Waals surface area contributed by atoms with Crippen LogP contribution in [0, 0.1) is 46.3 Å². The van der Waals surface area contributed by atoms with Gasteiger partial charge in [0.2, 0.25) is 5.91 Å². The van der Waals surface area contributed by atoms with Crippen molar-refractivity contribution in [3.05, 3.63) is 0 Å². The number of nitrogens with zero attached hydrogens (tertiary/aromatic N) is 1. The van der Waals surface area contributed by atoms with E-state index in [4.69, 9.17) is 0 Å². The zero-order valence-corrected chi connectivity index (χ0v) is 26.1. The van der Waals surface area contributed by atoms with Crippen LogP contribution in [-0.4, -0.2) is 67.0 Å². The molecule has 3 N–H and O–H groups in total. The first kappa shape index (κ1) is 30.6. The maximum atomic E-state index is 12.5. The highest BCUT2D eigenvalue weighted by Crippen LogP contribution is 2.68. The highest BCUT2D eigenvalue weighted by Gasteiger charge is 2.63. The van der Waals surface area contributed by atoms with Crippen LogP contribution in [0.2, 0.25) is 0 Å². The van der Waals surface area contributed by atoms with Crippen LogP contribution in [0.3, 0.4) is 0 Å². The molecule has 5 nitrogen and oxygen atoms in total. The molecule has 0 aromatic carbocycles. The zero-order chi connectivity index (χ0) is 25.6. The summed E-state index contributed by atoms with van der Waals surface area (Å²) in [5, 5.41) is 25.1. The Kier molecular flexibility index (Phi) is 9.93. The fraction of sp³-hybridized carbons (Fsp3) is 0.967. The summed E-state index contributed by atoms with van der Waals surface area (Å²) in [6.07, 6.45) is 11.1. The lowest BCUT2D eigenvalue weighted by Crippen LogP contribution is -3.00. The average molecular weight is 619 g/mol. The molecule has 0 saturated heterocycles. The smallest absolute Gasteiger partial charge is 0.220 e. The third-order valence-corrected chi connectivity index (χ3v) is 11.7. The Labute approximate surface area is 238 Å². The van der Waals surface area contributed by atoms with E-state index in [-0.39, 0.29) is 52.9 Å². The van der Waals surface area contributed by atoms with Gasteiger partial charge in [-0.05, 0) is 104 Å². The van der Waals surface area contributed by atoms with E-state index in [0.717, 1.165) is 62.0 Å². The predicted octanol–water partition coefficient (Wildman–Crippen LogP) is 1.61. The molecule has 4 rings (SSSR count). The number of fused-ring (bicyclic) bond motifs is 5. The van der Waals surface area contributed by atoms with Crippen LogP contribution in [0.4, 0.5) is 0 Å². The molecule has 4 aliphatic carbocycles. The molecule has 0 bridgehead atoms. The number of carbonyl (C=O) groups is 1. The lowest BCUT2D eigenvalue weighted by Gasteiger charge is -2.62. The van der Waals surface area contributed by atoms with Gasteiger partial charge in [-0.15, -0.1) is 0 Å². The van der Waals surface area contributed by atoms with Gasteiger partial charge in [-0.3, -0.25) is 4.79 Å². The van der Waals surface area contributed by atoms with Crippen LogP contribution >= 0.6 is 0 Å². The van der Waals surface area contributed by atoms with Crippen molar-refractivity contribution >= 4 is 5.91 Å². The van der Waals surface area contributed by atoms with Crippen molar-refractivity contribution in [1.29, 1.82) is 0 Å². The van der Waals surface area contributed by atoms with Gasteiger partial charge in [0.25, 0.3) is 0 Å². The third-order valence-electron chi connectivity index (χ3n) is 11.7. The number of amides is 1. The second-order valence-electron chi connectivity index (χ2n) is 14.6. The molecular formula is C30H55IN2O3. The molecule has 0 heterocycles. The van der Waals surface area contributed by atoms with E-state index in [9.17, 15) is 15.0 Å². The van der Waals surface area contributed by atoms with Gasteiger partial charge in [0.15, 0.2) is 0 Å². The average Bonchev–Trinajstić information content (AvgIpc) is 3.14. The first-order valence-corrected chi connectivity index (χ1v) is 14.8.